The highest BCUT2D eigenvalue weighted by molar-refractivity contribution is 6.08. The normalized spacial score (nSPS) is 10.0. The maximum atomic E-state index is 11.5. The summed E-state index contributed by atoms with van der Waals surface area (Å²) >= 11 is 0. The molecule has 3 N–H and O–H groups in total. The summed E-state index contributed by atoms with van der Waals surface area (Å²) in [6.45, 7) is 0. The molecule has 0 bridgehead atoms. The summed E-state index contributed by atoms with van der Waals surface area (Å²) in [6.07, 6.45) is 3.13. The van der Waals surface area contributed by atoms with Gasteiger partial charge in [-0.25, -0.2) is 4.79 Å². The highest BCUT2D eigenvalue weighted by Crippen LogP contribution is 2.25. The summed E-state index contributed by atoms with van der Waals surface area (Å²) in [6, 6.07) is 7.96. The first-order valence-electron chi connectivity index (χ1n) is 5.17. The van der Waals surface area contributed by atoms with Gasteiger partial charge in [0, 0.05) is 12.4 Å². The van der Waals surface area contributed by atoms with Crippen molar-refractivity contribution in [3.63, 3.8) is 0 Å². The van der Waals surface area contributed by atoms with Crippen molar-refractivity contribution in [2.24, 2.45) is 5.73 Å². The molecule has 0 saturated carbocycles. The van der Waals surface area contributed by atoms with E-state index >= 15 is 0 Å². The molecule has 0 aliphatic carbocycles. The van der Waals surface area contributed by atoms with E-state index in [1.54, 1.807) is 36.7 Å². The maximum Gasteiger partial charge on any atom is 0.336 e. The molecular formula is C13H10N2O3. The second-order valence-electron chi connectivity index (χ2n) is 3.63. The van der Waals surface area contributed by atoms with Crippen LogP contribution in [-0.2, 0) is 0 Å². The molecular weight excluding hydrogens is 232 g/mol. The van der Waals surface area contributed by atoms with Crippen LogP contribution in [0.1, 0.15) is 20.7 Å². The molecule has 0 unspecified atom stereocenters. The molecule has 5 heteroatoms. The minimum absolute atomic E-state index is 0.0104. The summed E-state index contributed by atoms with van der Waals surface area (Å²) in [5, 5.41) is 9.07. The van der Waals surface area contributed by atoms with Crippen LogP contribution in [0.4, 0.5) is 0 Å². The Morgan fingerprint density at radius 3 is 2.33 bits per heavy atom. The van der Waals surface area contributed by atoms with E-state index in [-0.39, 0.29) is 11.1 Å². The fourth-order valence-corrected chi connectivity index (χ4v) is 1.77. The van der Waals surface area contributed by atoms with Crippen LogP contribution in [0.15, 0.2) is 42.7 Å². The van der Waals surface area contributed by atoms with E-state index in [4.69, 9.17) is 10.8 Å². The Morgan fingerprint density at radius 1 is 1.11 bits per heavy atom. The zero-order valence-electron chi connectivity index (χ0n) is 9.33. The fourth-order valence-electron chi connectivity index (χ4n) is 1.77. The predicted octanol–water partition coefficient (Wildman–Crippen LogP) is 1.55. The number of carboxylic acids is 1. The van der Waals surface area contributed by atoms with Crippen molar-refractivity contribution in [1.82, 2.24) is 4.98 Å². The summed E-state index contributed by atoms with van der Waals surface area (Å²) in [4.78, 5) is 26.4. The third-order valence-electron chi connectivity index (χ3n) is 2.53. The zero-order valence-corrected chi connectivity index (χ0v) is 9.33. The molecule has 0 saturated heterocycles. The van der Waals surface area contributed by atoms with E-state index in [0.717, 1.165) is 0 Å². The Balaban J connectivity index is 2.72. The standard InChI is InChI=1S/C13H10N2O3/c14-12(16)11-9(8-4-6-15-7-5-8)2-1-3-10(11)13(17)18/h1-7H,(H2,14,16)(H,17,18). The molecule has 0 aliphatic heterocycles. The number of nitrogens with two attached hydrogens (primary N) is 1. The maximum absolute atomic E-state index is 11.5. The predicted molar refractivity (Wildman–Crippen MR) is 65.2 cm³/mol. The van der Waals surface area contributed by atoms with Crippen LogP contribution in [0.5, 0.6) is 0 Å². The number of carbonyl (C=O) groups excluding carboxylic acids is 1. The van der Waals surface area contributed by atoms with Gasteiger partial charge in [-0.05, 0) is 29.3 Å². The molecule has 0 aliphatic rings. The van der Waals surface area contributed by atoms with E-state index in [1.165, 1.54) is 6.07 Å². The molecule has 2 rings (SSSR count). The van der Waals surface area contributed by atoms with Gasteiger partial charge in [-0.1, -0.05) is 12.1 Å². The molecule has 5 nitrogen and oxygen atoms in total. The Morgan fingerprint density at radius 2 is 1.78 bits per heavy atom. The third-order valence-corrected chi connectivity index (χ3v) is 2.53. The number of amides is 1. The molecule has 1 amide bonds. The molecule has 0 radical (unpaired) electrons. The minimum Gasteiger partial charge on any atom is -0.478 e. The quantitative estimate of drug-likeness (QED) is 0.853. The number of pyridine rings is 1. The average molecular weight is 242 g/mol. The van der Waals surface area contributed by atoms with Gasteiger partial charge in [-0.3, -0.25) is 9.78 Å². The topological polar surface area (TPSA) is 93.3 Å². The van der Waals surface area contributed by atoms with Crippen molar-refractivity contribution < 1.29 is 14.7 Å². The Labute approximate surface area is 103 Å². The van der Waals surface area contributed by atoms with Gasteiger partial charge in [0.1, 0.15) is 0 Å². The van der Waals surface area contributed by atoms with Crippen LogP contribution < -0.4 is 5.73 Å². The number of benzene rings is 1. The van der Waals surface area contributed by atoms with Crippen molar-refractivity contribution in [3.05, 3.63) is 53.9 Å². The molecule has 90 valence electrons. The number of hydrogen-bond donors (Lipinski definition) is 2. The number of carboxylic acid groups (broad SMARTS) is 1. The van der Waals surface area contributed by atoms with E-state index in [2.05, 4.69) is 4.98 Å². The van der Waals surface area contributed by atoms with Crippen LogP contribution in [0.2, 0.25) is 0 Å². The number of hydrogen-bond acceptors (Lipinski definition) is 3. The second kappa shape index (κ2) is 4.67. The molecule has 0 atom stereocenters. The lowest BCUT2D eigenvalue weighted by Gasteiger charge is -2.09. The highest BCUT2D eigenvalue weighted by Gasteiger charge is 2.18. The fraction of sp³-hybridized carbons (Fsp3) is 0. The van der Waals surface area contributed by atoms with Crippen LogP contribution >= 0.6 is 0 Å². The number of aromatic carboxylic acids is 1. The third kappa shape index (κ3) is 2.06. The first-order chi connectivity index (χ1) is 8.61. The lowest BCUT2D eigenvalue weighted by atomic mass is 9.95. The van der Waals surface area contributed by atoms with Crippen molar-refractivity contribution in [2.45, 2.75) is 0 Å². The van der Waals surface area contributed by atoms with Gasteiger partial charge >= 0.3 is 5.97 Å². The SMILES string of the molecule is NC(=O)c1c(C(=O)O)cccc1-c1ccncc1. The van der Waals surface area contributed by atoms with E-state index in [1.807, 2.05) is 0 Å². The summed E-state index contributed by atoms with van der Waals surface area (Å²) in [5.41, 5.74) is 6.37. The largest absolute Gasteiger partial charge is 0.478 e. The lowest BCUT2D eigenvalue weighted by molar-refractivity contribution is 0.0692. The molecule has 0 fully saturated rings. The molecule has 1 aromatic carbocycles. The van der Waals surface area contributed by atoms with E-state index < -0.39 is 11.9 Å². The van der Waals surface area contributed by atoms with Gasteiger partial charge in [0.2, 0.25) is 5.91 Å². The van der Waals surface area contributed by atoms with Gasteiger partial charge in [0.15, 0.2) is 0 Å². The smallest absolute Gasteiger partial charge is 0.336 e. The summed E-state index contributed by atoms with van der Waals surface area (Å²) in [7, 11) is 0. The van der Waals surface area contributed by atoms with Crippen LogP contribution in [-0.4, -0.2) is 22.0 Å². The highest BCUT2D eigenvalue weighted by atomic mass is 16.4. The molecule has 2 aromatic rings. The van der Waals surface area contributed by atoms with E-state index in [0.29, 0.717) is 11.1 Å². The van der Waals surface area contributed by atoms with Gasteiger partial charge < -0.3 is 10.8 Å². The molecule has 0 spiro atoms. The lowest BCUT2D eigenvalue weighted by Crippen LogP contribution is -2.17. The van der Waals surface area contributed by atoms with E-state index in [9.17, 15) is 9.59 Å². The van der Waals surface area contributed by atoms with Gasteiger partial charge in [0.25, 0.3) is 0 Å². The number of aromatic nitrogens is 1. The van der Waals surface area contributed by atoms with Crippen molar-refractivity contribution in [3.8, 4) is 11.1 Å². The van der Waals surface area contributed by atoms with Crippen molar-refractivity contribution in [2.75, 3.05) is 0 Å². The number of rotatable bonds is 3. The number of nitrogens with zero attached hydrogens (tertiary/aromatic N) is 1. The molecule has 1 heterocycles. The summed E-state index contributed by atoms with van der Waals surface area (Å²) in [5.74, 6) is -1.94. The number of primary amides is 1. The summed E-state index contributed by atoms with van der Waals surface area (Å²) < 4.78 is 0. The van der Waals surface area contributed by atoms with Crippen molar-refractivity contribution in [1.29, 1.82) is 0 Å². The Kier molecular flexibility index (Phi) is 3.05. The Bertz CT molecular complexity index is 609. The second-order valence-corrected chi connectivity index (χ2v) is 3.63. The first kappa shape index (κ1) is 11.8. The van der Waals surface area contributed by atoms with Crippen molar-refractivity contribution >= 4 is 11.9 Å². The first-order valence-corrected chi connectivity index (χ1v) is 5.17. The molecule has 1 aromatic heterocycles. The van der Waals surface area contributed by atoms with Gasteiger partial charge in [-0.2, -0.15) is 0 Å². The van der Waals surface area contributed by atoms with Crippen LogP contribution in [0.25, 0.3) is 11.1 Å². The van der Waals surface area contributed by atoms with Crippen LogP contribution in [0, 0.1) is 0 Å². The number of carbonyl (C=O) groups is 2. The van der Waals surface area contributed by atoms with Gasteiger partial charge in [0.05, 0.1) is 11.1 Å². The minimum atomic E-state index is -1.18. The molecule has 18 heavy (non-hydrogen) atoms. The monoisotopic (exact) mass is 242 g/mol. The van der Waals surface area contributed by atoms with Crippen LogP contribution in [0.3, 0.4) is 0 Å². The Hall–Kier alpha value is -2.69. The average Bonchev–Trinajstić information content (AvgIpc) is 2.38. The van der Waals surface area contributed by atoms with Gasteiger partial charge in [-0.15, -0.1) is 0 Å². The zero-order chi connectivity index (χ0) is 13.1.